The van der Waals surface area contributed by atoms with Crippen LogP contribution in [0.1, 0.15) is 47.0 Å². The van der Waals surface area contributed by atoms with E-state index in [4.69, 9.17) is 0 Å². The van der Waals surface area contributed by atoms with Crippen LogP contribution in [-0.2, 0) is 0 Å². The average Bonchev–Trinajstić information content (AvgIpc) is 2.42. The molecule has 1 aliphatic heterocycles. The van der Waals surface area contributed by atoms with Gasteiger partial charge in [0.25, 0.3) is 0 Å². The molecule has 0 amide bonds. The van der Waals surface area contributed by atoms with Crippen molar-refractivity contribution in [2.75, 3.05) is 45.8 Å². The summed E-state index contributed by atoms with van der Waals surface area (Å²) in [6.45, 7) is 17.8. The fourth-order valence-electron chi connectivity index (χ4n) is 2.68. The molecule has 0 aromatic heterocycles. The summed E-state index contributed by atoms with van der Waals surface area (Å²) in [4.78, 5) is 5.24. The normalized spacial score (nSPS) is 20.1. The minimum atomic E-state index is 0.760. The van der Waals surface area contributed by atoms with Gasteiger partial charge in [0.15, 0.2) is 0 Å². The van der Waals surface area contributed by atoms with Gasteiger partial charge < -0.3 is 5.32 Å². The van der Waals surface area contributed by atoms with Crippen LogP contribution in [0.25, 0.3) is 0 Å². The maximum atomic E-state index is 3.58. The summed E-state index contributed by atoms with van der Waals surface area (Å²) in [6, 6.07) is 0.760. The summed E-state index contributed by atoms with van der Waals surface area (Å²) in [5, 5.41) is 3.58. The molecule has 0 aliphatic carbocycles. The molecule has 1 atom stereocenters. The first-order chi connectivity index (χ1) is 9.13. The van der Waals surface area contributed by atoms with Gasteiger partial charge in [0.2, 0.25) is 0 Å². The number of hydrogen-bond acceptors (Lipinski definition) is 3. The molecular formula is C16H35N3. The summed E-state index contributed by atoms with van der Waals surface area (Å²) in [5.74, 6) is 0.843. The summed E-state index contributed by atoms with van der Waals surface area (Å²) >= 11 is 0. The second kappa shape index (κ2) is 9.73. The van der Waals surface area contributed by atoms with E-state index >= 15 is 0 Å². The molecule has 0 saturated carbocycles. The fourth-order valence-corrected chi connectivity index (χ4v) is 2.68. The molecule has 0 spiro atoms. The molecule has 1 unspecified atom stereocenters. The molecule has 0 aromatic carbocycles. The van der Waals surface area contributed by atoms with Crippen molar-refractivity contribution in [1.29, 1.82) is 0 Å². The first kappa shape index (κ1) is 16.9. The van der Waals surface area contributed by atoms with E-state index in [0.29, 0.717) is 0 Å². The zero-order chi connectivity index (χ0) is 14.1. The van der Waals surface area contributed by atoms with Crippen molar-refractivity contribution >= 4 is 0 Å². The van der Waals surface area contributed by atoms with Crippen molar-refractivity contribution in [3.8, 4) is 0 Å². The summed E-state index contributed by atoms with van der Waals surface area (Å²) in [5.41, 5.74) is 0. The van der Waals surface area contributed by atoms with E-state index in [2.05, 4.69) is 42.8 Å². The second-order valence-corrected chi connectivity index (χ2v) is 6.42. The Morgan fingerprint density at radius 2 is 1.68 bits per heavy atom. The van der Waals surface area contributed by atoms with Gasteiger partial charge in [-0.1, -0.05) is 20.8 Å². The van der Waals surface area contributed by atoms with E-state index in [1.54, 1.807) is 0 Å². The highest BCUT2D eigenvalue weighted by Gasteiger charge is 2.19. The highest BCUT2D eigenvalue weighted by atomic mass is 15.3. The standard InChI is InChI=1S/C16H35N3/c1-5-16(4)19-13-11-18(12-14-19)10-9-17-8-6-7-15(2)3/h15-17H,5-14H2,1-4H3. The van der Waals surface area contributed by atoms with E-state index in [1.165, 1.54) is 58.5 Å². The molecular weight excluding hydrogens is 234 g/mol. The second-order valence-electron chi connectivity index (χ2n) is 6.42. The van der Waals surface area contributed by atoms with Crippen LogP contribution in [0, 0.1) is 5.92 Å². The SMILES string of the molecule is CCC(C)N1CCN(CCNCCCC(C)C)CC1. The van der Waals surface area contributed by atoms with Gasteiger partial charge in [-0.2, -0.15) is 0 Å². The Morgan fingerprint density at radius 1 is 1.00 bits per heavy atom. The van der Waals surface area contributed by atoms with E-state index in [1.807, 2.05) is 0 Å². The lowest BCUT2D eigenvalue weighted by Crippen LogP contribution is -2.50. The molecule has 1 N–H and O–H groups in total. The van der Waals surface area contributed by atoms with Crippen LogP contribution in [0.4, 0.5) is 0 Å². The summed E-state index contributed by atoms with van der Waals surface area (Å²) < 4.78 is 0. The topological polar surface area (TPSA) is 18.5 Å². The first-order valence-corrected chi connectivity index (χ1v) is 8.30. The lowest BCUT2D eigenvalue weighted by atomic mass is 10.1. The minimum Gasteiger partial charge on any atom is -0.315 e. The van der Waals surface area contributed by atoms with Gasteiger partial charge in [-0.3, -0.25) is 9.80 Å². The van der Waals surface area contributed by atoms with Crippen molar-refractivity contribution in [1.82, 2.24) is 15.1 Å². The van der Waals surface area contributed by atoms with Gasteiger partial charge in [-0.15, -0.1) is 0 Å². The lowest BCUT2D eigenvalue weighted by molar-refractivity contribution is 0.101. The van der Waals surface area contributed by atoms with Gasteiger partial charge in [0.1, 0.15) is 0 Å². The molecule has 0 aromatic rings. The highest BCUT2D eigenvalue weighted by Crippen LogP contribution is 2.08. The Hall–Kier alpha value is -0.120. The molecule has 1 aliphatic rings. The van der Waals surface area contributed by atoms with Crippen LogP contribution in [0.15, 0.2) is 0 Å². The Bertz CT molecular complexity index is 210. The van der Waals surface area contributed by atoms with Crippen molar-refractivity contribution in [2.45, 2.75) is 53.0 Å². The molecule has 1 saturated heterocycles. The van der Waals surface area contributed by atoms with Gasteiger partial charge in [0, 0.05) is 45.3 Å². The summed E-state index contributed by atoms with van der Waals surface area (Å²) in [7, 11) is 0. The molecule has 3 heteroatoms. The van der Waals surface area contributed by atoms with Crippen LogP contribution < -0.4 is 5.32 Å². The molecule has 1 heterocycles. The Balaban J connectivity index is 1.98. The van der Waals surface area contributed by atoms with Crippen molar-refractivity contribution in [3.63, 3.8) is 0 Å². The van der Waals surface area contributed by atoms with Crippen LogP contribution in [0.5, 0.6) is 0 Å². The van der Waals surface area contributed by atoms with Gasteiger partial charge >= 0.3 is 0 Å². The maximum absolute atomic E-state index is 3.58. The zero-order valence-electron chi connectivity index (χ0n) is 13.6. The van der Waals surface area contributed by atoms with Crippen LogP contribution in [-0.4, -0.2) is 61.7 Å². The van der Waals surface area contributed by atoms with Gasteiger partial charge in [-0.05, 0) is 38.6 Å². The third-order valence-corrected chi connectivity index (χ3v) is 4.36. The molecule has 19 heavy (non-hydrogen) atoms. The molecule has 0 radical (unpaired) electrons. The van der Waals surface area contributed by atoms with Gasteiger partial charge in [0.05, 0.1) is 0 Å². The quantitative estimate of drug-likeness (QED) is 0.649. The monoisotopic (exact) mass is 269 g/mol. The Morgan fingerprint density at radius 3 is 2.26 bits per heavy atom. The van der Waals surface area contributed by atoms with Crippen molar-refractivity contribution < 1.29 is 0 Å². The van der Waals surface area contributed by atoms with E-state index < -0.39 is 0 Å². The van der Waals surface area contributed by atoms with Crippen LogP contribution >= 0.6 is 0 Å². The van der Waals surface area contributed by atoms with Crippen molar-refractivity contribution in [2.24, 2.45) is 5.92 Å². The summed E-state index contributed by atoms with van der Waals surface area (Å²) in [6.07, 6.45) is 3.94. The molecule has 0 bridgehead atoms. The number of piperazine rings is 1. The minimum absolute atomic E-state index is 0.760. The fraction of sp³-hybridized carbons (Fsp3) is 1.00. The Labute approximate surface area is 120 Å². The predicted molar refractivity (Wildman–Crippen MR) is 84.7 cm³/mol. The zero-order valence-corrected chi connectivity index (χ0v) is 13.6. The molecule has 3 nitrogen and oxygen atoms in total. The van der Waals surface area contributed by atoms with Crippen molar-refractivity contribution in [3.05, 3.63) is 0 Å². The van der Waals surface area contributed by atoms with E-state index in [9.17, 15) is 0 Å². The van der Waals surface area contributed by atoms with E-state index in [0.717, 1.165) is 18.5 Å². The maximum Gasteiger partial charge on any atom is 0.0113 e. The average molecular weight is 269 g/mol. The molecule has 1 rings (SSSR count). The van der Waals surface area contributed by atoms with Crippen LogP contribution in [0.2, 0.25) is 0 Å². The first-order valence-electron chi connectivity index (χ1n) is 8.30. The third-order valence-electron chi connectivity index (χ3n) is 4.36. The highest BCUT2D eigenvalue weighted by molar-refractivity contribution is 4.75. The lowest BCUT2D eigenvalue weighted by Gasteiger charge is -2.37. The van der Waals surface area contributed by atoms with Gasteiger partial charge in [-0.25, -0.2) is 0 Å². The van der Waals surface area contributed by atoms with Crippen LogP contribution in [0.3, 0.4) is 0 Å². The predicted octanol–water partition coefficient (Wildman–Crippen LogP) is 2.43. The van der Waals surface area contributed by atoms with E-state index in [-0.39, 0.29) is 0 Å². The largest absolute Gasteiger partial charge is 0.315 e. The number of nitrogens with one attached hydrogen (secondary N) is 1. The molecule has 114 valence electrons. The number of hydrogen-bond donors (Lipinski definition) is 1. The smallest absolute Gasteiger partial charge is 0.0113 e. The third kappa shape index (κ3) is 7.28. The Kier molecular flexibility index (Phi) is 8.67. The molecule has 1 fully saturated rings. The number of rotatable bonds is 9. The number of nitrogens with zero attached hydrogens (tertiary/aromatic N) is 2.